The number of rotatable bonds is 2. The van der Waals surface area contributed by atoms with Gasteiger partial charge in [-0.1, -0.05) is 60.7 Å². The van der Waals surface area contributed by atoms with Crippen LogP contribution in [0.15, 0.2) is 165 Å². The number of fused-ring (bicyclic) bond motifs is 16. The Bertz CT molecular complexity index is 3500. The maximum atomic E-state index is 6.25. The molecule has 13 aromatic rings. The van der Waals surface area contributed by atoms with Crippen molar-refractivity contribution in [3.63, 3.8) is 0 Å². The molecule has 0 saturated heterocycles. The van der Waals surface area contributed by atoms with Crippen molar-refractivity contribution in [3.05, 3.63) is 156 Å². The van der Waals surface area contributed by atoms with E-state index in [4.69, 9.17) is 8.83 Å². The topological polar surface area (TPSA) is 26.3 Å². The number of benzene rings is 9. The van der Waals surface area contributed by atoms with Crippen molar-refractivity contribution in [3.8, 4) is 22.3 Å². The summed E-state index contributed by atoms with van der Waals surface area (Å²) in [6.45, 7) is 0. The van der Waals surface area contributed by atoms with Crippen LogP contribution >= 0.6 is 22.7 Å². The Balaban J connectivity index is 1.14. The third-order valence-corrected chi connectivity index (χ3v) is 13.4. The average Bonchev–Trinajstić information content (AvgIpc) is 4.03. The Morgan fingerprint density at radius 1 is 0.315 bits per heavy atom. The zero-order chi connectivity index (χ0) is 35.1. The second kappa shape index (κ2) is 10.6. The van der Waals surface area contributed by atoms with Crippen LogP contribution in [0, 0.1) is 0 Å². The van der Waals surface area contributed by atoms with Gasteiger partial charge in [-0.2, -0.15) is 0 Å². The molecule has 13 rings (SSSR count). The van der Waals surface area contributed by atoms with Gasteiger partial charge in [-0.05, 0) is 161 Å². The maximum Gasteiger partial charge on any atom is 0.135 e. The first kappa shape index (κ1) is 29.0. The summed E-state index contributed by atoms with van der Waals surface area (Å²) in [5, 5.41) is 21.8. The molecule has 0 amide bonds. The zero-order valence-electron chi connectivity index (χ0n) is 28.6. The van der Waals surface area contributed by atoms with Crippen LogP contribution in [0.4, 0.5) is 0 Å². The van der Waals surface area contributed by atoms with Crippen LogP contribution in [-0.4, -0.2) is 0 Å². The van der Waals surface area contributed by atoms with Gasteiger partial charge < -0.3 is 8.83 Å². The fourth-order valence-corrected chi connectivity index (χ4v) is 10.7. The lowest BCUT2D eigenvalue weighted by Crippen LogP contribution is -1.89. The van der Waals surface area contributed by atoms with Gasteiger partial charge in [0.1, 0.15) is 22.3 Å². The van der Waals surface area contributed by atoms with Crippen molar-refractivity contribution in [2.45, 2.75) is 0 Å². The summed E-state index contributed by atoms with van der Waals surface area (Å²) >= 11 is 3.61. The summed E-state index contributed by atoms with van der Waals surface area (Å²) in [6, 6.07) is 53.6. The quantitative estimate of drug-likeness (QED) is 0.131. The van der Waals surface area contributed by atoms with E-state index in [-0.39, 0.29) is 0 Å². The SMILES string of the molecule is c1ccc2c(c1)oc1ccc(-c3cc4cc5cc(-c6ccc7oc8ccccc8c7c6)c6c7ccsc7ccc6c5cc4c4ccc5sccc5c34)cc12. The van der Waals surface area contributed by atoms with Crippen LogP contribution in [0.25, 0.3) is 129 Å². The van der Waals surface area contributed by atoms with E-state index >= 15 is 0 Å². The Labute approximate surface area is 315 Å². The molecule has 0 N–H and O–H groups in total. The third kappa shape index (κ3) is 3.93. The molecule has 0 aliphatic carbocycles. The maximum absolute atomic E-state index is 6.25. The molecule has 4 heterocycles. The molecule has 9 aromatic carbocycles. The number of para-hydroxylation sites is 2. The van der Waals surface area contributed by atoms with Gasteiger partial charge in [-0.25, -0.2) is 0 Å². The molecule has 0 spiro atoms. The van der Waals surface area contributed by atoms with Crippen LogP contribution in [0.2, 0.25) is 0 Å². The standard InChI is InChI=1S/C50H26O2S2/c1-3-7-43-31(5-1)41-22-27(9-13-45(41)51-43)39-24-29-21-30-25-40(28-10-14-46-42(23-28)32-6-2-4-8-44(32)52-46)50-34(12-16-48-36(50)18-20-54-48)38(30)26-37(29)33-11-15-47-35(49(33)39)17-19-53-47/h1-26H. The fourth-order valence-electron chi connectivity index (χ4n) is 9.15. The van der Waals surface area contributed by atoms with Crippen molar-refractivity contribution >= 4 is 130 Å². The molecule has 0 bridgehead atoms. The Kier molecular flexibility index (Phi) is 5.69. The molecule has 0 aliphatic rings. The Morgan fingerprint density at radius 3 is 1.31 bits per heavy atom. The molecule has 250 valence electrons. The van der Waals surface area contributed by atoms with Gasteiger partial charge in [0.25, 0.3) is 0 Å². The number of thiophene rings is 2. The highest BCUT2D eigenvalue weighted by Gasteiger charge is 2.19. The summed E-state index contributed by atoms with van der Waals surface area (Å²) < 4.78 is 15.1. The van der Waals surface area contributed by atoms with E-state index in [1.165, 1.54) is 85.5 Å². The monoisotopic (exact) mass is 722 g/mol. The molecule has 0 atom stereocenters. The van der Waals surface area contributed by atoms with Gasteiger partial charge in [-0.15, -0.1) is 22.7 Å². The first-order chi connectivity index (χ1) is 26.7. The molecule has 4 aromatic heterocycles. The van der Waals surface area contributed by atoms with Gasteiger partial charge >= 0.3 is 0 Å². The lowest BCUT2D eigenvalue weighted by Gasteiger charge is -2.16. The van der Waals surface area contributed by atoms with Gasteiger partial charge in [-0.3, -0.25) is 0 Å². The van der Waals surface area contributed by atoms with E-state index in [1.54, 1.807) is 22.7 Å². The van der Waals surface area contributed by atoms with Crippen LogP contribution < -0.4 is 0 Å². The van der Waals surface area contributed by atoms with Gasteiger partial charge in [0.15, 0.2) is 0 Å². The molecule has 54 heavy (non-hydrogen) atoms. The smallest absolute Gasteiger partial charge is 0.135 e. The fraction of sp³-hybridized carbons (Fsp3) is 0. The van der Waals surface area contributed by atoms with Crippen LogP contribution in [0.3, 0.4) is 0 Å². The number of furan rings is 2. The summed E-state index contributed by atoms with van der Waals surface area (Å²) in [7, 11) is 0. The van der Waals surface area contributed by atoms with E-state index in [1.807, 2.05) is 12.1 Å². The molecular formula is C50H26O2S2. The summed E-state index contributed by atoms with van der Waals surface area (Å²) in [4.78, 5) is 0. The zero-order valence-corrected chi connectivity index (χ0v) is 30.3. The molecule has 0 radical (unpaired) electrons. The largest absolute Gasteiger partial charge is 0.456 e. The van der Waals surface area contributed by atoms with Crippen LogP contribution in [-0.2, 0) is 0 Å². The van der Waals surface area contributed by atoms with Crippen LogP contribution in [0.5, 0.6) is 0 Å². The molecule has 4 heteroatoms. The molecule has 2 nitrogen and oxygen atoms in total. The van der Waals surface area contributed by atoms with Crippen LogP contribution in [0.1, 0.15) is 0 Å². The van der Waals surface area contributed by atoms with Crippen molar-refractivity contribution in [1.82, 2.24) is 0 Å². The summed E-state index contributed by atoms with van der Waals surface area (Å²) in [6.07, 6.45) is 0. The predicted molar refractivity (Wildman–Crippen MR) is 233 cm³/mol. The second-order valence-electron chi connectivity index (χ2n) is 14.4. The first-order valence-electron chi connectivity index (χ1n) is 18.2. The van der Waals surface area contributed by atoms with E-state index < -0.39 is 0 Å². The van der Waals surface area contributed by atoms with Crippen molar-refractivity contribution in [1.29, 1.82) is 0 Å². The normalized spacial score (nSPS) is 12.4. The van der Waals surface area contributed by atoms with E-state index in [0.717, 1.165) is 43.9 Å². The number of hydrogen-bond acceptors (Lipinski definition) is 4. The van der Waals surface area contributed by atoms with E-state index in [0.29, 0.717) is 0 Å². The minimum atomic E-state index is 0.914. The second-order valence-corrected chi connectivity index (χ2v) is 16.3. The lowest BCUT2D eigenvalue weighted by atomic mass is 9.87. The van der Waals surface area contributed by atoms with Crippen molar-refractivity contribution in [2.24, 2.45) is 0 Å². The minimum Gasteiger partial charge on any atom is -0.456 e. The average molecular weight is 723 g/mol. The highest BCUT2D eigenvalue weighted by molar-refractivity contribution is 7.17. The molecule has 0 aliphatic heterocycles. The van der Waals surface area contributed by atoms with Crippen molar-refractivity contribution < 1.29 is 8.83 Å². The predicted octanol–water partition coefficient (Wildman–Crippen LogP) is 15.9. The Morgan fingerprint density at radius 2 is 0.796 bits per heavy atom. The number of hydrogen-bond donors (Lipinski definition) is 0. The molecule has 0 unspecified atom stereocenters. The third-order valence-electron chi connectivity index (χ3n) is 11.6. The van der Waals surface area contributed by atoms with E-state index in [2.05, 4.69) is 144 Å². The van der Waals surface area contributed by atoms with Gasteiger partial charge in [0.2, 0.25) is 0 Å². The minimum absolute atomic E-state index is 0.914. The Hall–Kier alpha value is -6.46. The molecule has 0 saturated carbocycles. The first-order valence-corrected chi connectivity index (χ1v) is 20.0. The van der Waals surface area contributed by atoms with E-state index in [9.17, 15) is 0 Å². The summed E-state index contributed by atoms with van der Waals surface area (Å²) in [5.74, 6) is 0. The lowest BCUT2D eigenvalue weighted by molar-refractivity contribution is 0.668. The van der Waals surface area contributed by atoms with Crippen molar-refractivity contribution in [2.75, 3.05) is 0 Å². The highest BCUT2D eigenvalue weighted by Crippen LogP contribution is 2.46. The van der Waals surface area contributed by atoms with Gasteiger partial charge in [0, 0.05) is 41.7 Å². The van der Waals surface area contributed by atoms with Gasteiger partial charge in [0.05, 0.1) is 0 Å². The molecular weight excluding hydrogens is 697 g/mol. The molecule has 0 fully saturated rings. The highest BCUT2D eigenvalue weighted by atomic mass is 32.1. The summed E-state index contributed by atoms with van der Waals surface area (Å²) in [5.41, 5.74) is 8.54.